The fourth-order valence-corrected chi connectivity index (χ4v) is 2.53. The van der Waals surface area contributed by atoms with Crippen molar-refractivity contribution in [2.24, 2.45) is 0 Å². The summed E-state index contributed by atoms with van der Waals surface area (Å²) < 4.78 is 0. The van der Waals surface area contributed by atoms with Crippen molar-refractivity contribution in [2.75, 3.05) is 5.32 Å². The van der Waals surface area contributed by atoms with Crippen LogP contribution in [0.4, 0.5) is 5.69 Å². The zero-order valence-corrected chi connectivity index (χ0v) is 11.6. The van der Waals surface area contributed by atoms with E-state index in [2.05, 4.69) is 5.32 Å². The summed E-state index contributed by atoms with van der Waals surface area (Å²) in [5.74, 6) is -0.941. The molecule has 1 aliphatic rings. The Morgan fingerprint density at radius 2 is 1.55 bits per heavy atom. The van der Waals surface area contributed by atoms with E-state index in [-0.39, 0.29) is 39.9 Å². The zero-order valence-electron chi connectivity index (χ0n) is 11.6. The molecule has 0 unspecified atom stereocenters. The molecule has 5 nitrogen and oxygen atoms in total. The van der Waals surface area contributed by atoms with Crippen LogP contribution in [0.1, 0.15) is 44.3 Å². The summed E-state index contributed by atoms with van der Waals surface area (Å²) in [7, 11) is 0. The molecule has 0 saturated heterocycles. The first-order valence-corrected chi connectivity index (χ1v) is 6.57. The molecule has 2 aromatic carbocycles. The number of benzene rings is 2. The molecule has 0 bridgehead atoms. The van der Waals surface area contributed by atoms with Gasteiger partial charge < -0.3 is 5.32 Å². The van der Waals surface area contributed by atoms with Crippen LogP contribution in [0.3, 0.4) is 0 Å². The van der Waals surface area contributed by atoms with Gasteiger partial charge in [0.15, 0.2) is 11.6 Å². The number of amides is 1. The van der Waals surface area contributed by atoms with E-state index in [1.807, 2.05) is 6.07 Å². The highest BCUT2D eigenvalue weighted by Crippen LogP contribution is 2.31. The van der Waals surface area contributed by atoms with E-state index in [9.17, 15) is 19.6 Å². The smallest absolute Gasteiger partial charge is 0.221 e. The minimum Gasteiger partial charge on any atom is -0.325 e. The van der Waals surface area contributed by atoms with Gasteiger partial charge in [-0.05, 0) is 12.1 Å². The molecular formula is C17H10N2O3. The molecule has 3 rings (SSSR count). The fraction of sp³-hybridized carbons (Fsp3) is 0.0588. The van der Waals surface area contributed by atoms with Gasteiger partial charge in [-0.25, -0.2) is 0 Å². The average molecular weight is 290 g/mol. The van der Waals surface area contributed by atoms with E-state index in [0.717, 1.165) is 0 Å². The Morgan fingerprint density at radius 3 is 2.05 bits per heavy atom. The molecule has 0 spiro atoms. The van der Waals surface area contributed by atoms with Gasteiger partial charge in [0, 0.05) is 29.2 Å². The molecule has 0 atom stereocenters. The molecule has 1 amide bonds. The number of rotatable bonds is 1. The van der Waals surface area contributed by atoms with Crippen molar-refractivity contribution in [3.05, 3.63) is 64.2 Å². The van der Waals surface area contributed by atoms with Gasteiger partial charge in [-0.2, -0.15) is 5.26 Å². The Balaban J connectivity index is 2.25. The lowest BCUT2D eigenvalue weighted by Gasteiger charge is -2.18. The number of nitriles is 1. The Bertz CT molecular complexity index is 891. The first kappa shape index (κ1) is 13.7. The third-order valence-corrected chi connectivity index (χ3v) is 3.49. The van der Waals surface area contributed by atoms with Crippen molar-refractivity contribution in [2.45, 2.75) is 6.92 Å². The van der Waals surface area contributed by atoms with E-state index >= 15 is 0 Å². The Kier molecular flexibility index (Phi) is 3.08. The summed E-state index contributed by atoms with van der Waals surface area (Å²) in [6.07, 6.45) is 0. The van der Waals surface area contributed by atoms with Crippen molar-refractivity contribution in [3.63, 3.8) is 0 Å². The average Bonchev–Trinajstić information content (AvgIpc) is 2.51. The Hall–Kier alpha value is -3.26. The molecule has 0 heterocycles. The minimum atomic E-state index is -0.355. The van der Waals surface area contributed by atoms with Gasteiger partial charge in [-0.15, -0.1) is 0 Å². The van der Waals surface area contributed by atoms with Crippen LogP contribution in [-0.2, 0) is 4.79 Å². The molecule has 5 heteroatoms. The molecule has 0 radical (unpaired) electrons. The lowest BCUT2D eigenvalue weighted by Crippen LogP contribution is -2.22. The normalized spacial score (nSPS) is 12.2. The third kappa shape index (κ3) is 1.98. The van der Waals surface area contributed by atoms with Gasteiger partial charge in [-0.3, -0.25) is 14.4 Å². The fourth-order valence-electron chi connectivity index (χ4n) is 2.53. The number of hydrogen-bond acceptors (Lipinski definition) is 4. The number of fused-ring (bicyclic) bond motifs is 2. The Morgan fingerprint density at radius 1 is 1.00 bits per heavy atom. The second-order valence-electron chi connectivity index (χ2n) is 4.94. The van der Waals surface area contributed by atoms with Gasteiger partial charge in [-0.1, -0.05) is 24.3 Å². The van der Waals surface area contributed by atoms with Crippen LogP contribution < -0.4 is 5.32 Å². The van der Waals surface area contributed by atoms with Crippen LogP contribution in [0.5, 0.6) is 0 Å². The van der Waals surface area contributed by atoms with Crippen molar-refractivity contribution >= 4 is 23.2 Å². The van der Waals surface area contributed by atoms with Crippen molar-refractivity contribution in [3.8, 4) is 6.07 Å². The predicted octanol–water partition coefficient (Wildman–Crippen LogP) is 2.29. The molecule has 1 aliphatic carbocycles. The lowest BCUT2D eigenvalue weighted by molar-refractivity contribution is -0.114. The molecule has 0 aliphatic heterocycles. The van der Waals surface area contributed by atoms with Crippen LogP contribution >= 0.6 is 0 Å². The van der Waals surface area contributed by atoms with E-state index in [0.29, 0.717) is 11.1 Å². The van der Waals surface area contributed by atoms with Gasteiger partial charge in [0.2, 0.25) is 5.91 Å². The van der Waals surface area contributed by atoms with E-state index in [4.69, 9.17) is 0 Å². The maximum atomic E-state index is 12.5. The number of carbonyl (C=O) groups is 3. The third-order valence-electron chi connectivity index (χ3n) is 3.49. The summed E-state index contributed by atoms with van der Waals surface area (Å²) in [4.78, 5) is 36.3. The second-order valence-corrected chi connectivity index (χ2v) is 4.94. The minimum absolute atomic E-state index is 0.148. The number of hydrogen-bond donors (Lipinski definition) is 1. The summed E-state index contributed by atoms with van der Waals surface area (Å²) in [6, 6.07) is 11.2. The first-order valence-electron chi connectivity index (χ1n) is 6.57. The monoisotopic (exact) mass is 290 g/mol. The van der Waals surface area contributed by atoms with Crippen LogP contribution in [-0.4, -0.2) is 17.5 Å². The molecule has 0 aromatic heterocycles. The molecule has 106 valence electrons. The molecular weight excluding hydrogens is 280 g/mol. The summed E-state index contributed by atoms with van der Waals surface area (Å²) in [5.41, 5.74) is 1.43. The molecule has 2 aromatic rings. The van der Waals surface area contributed by atoms with E-state index in [1.54, 1.807) is 24.3 Å². The number of carbonyl (C=O) groups excluding carboxylic acids is 3. The second kappa shape index (κ2) is 4.93. The van der Waals surface area contributed by atoms with Crippen LogP contribution in [0.2, 0.25) is 0 Å². The molecule has 22 heavy (non-hydrogen) atoms. The summed E-state index contributed by atoms with van der Waals surface area (Å²) in [6.45, 7) is 1.31. The van der Waals surface area contributed by atoms with Gasteiger partial charge in [0.1, 0.15) is 6.07 Å². The predicted molar refractivity (Wildman–Crippen MR) is 78.8 cm³/mol. The van der Waals surface area contributed by atoms with Crippen LogP contribution in [0.15, 0.2) is 36.4 Å². The maximum absolute atomic E-state index is 12.5. The molecule has 0 fully saturated rings. The molecule has 0 saturated carbocycles. The maximum Gasteiger partial charge on any atom is 0.221 e. The Labute approximate surface area is 126 Å². The van der Waals surface area contributed by atoms with E-state index < -0.39 is 0 Å². The van der Waals surface area contributed by atoms with Crippen molar-refractivity contribution < 1.29 is 14.4 Å². The van der Waals surface area contributed by atoms with Gasteiger partial charge >= 0.3 is 0 Å². The van der Waals surface area contributed by atoms with Crippen LogP contribution in [0.25, 0.3) is 0 Å². The highest BCUT2D eigenvalue weighted by atomic mass is 16.1. The highest BCUT2D eigenvalue weighted by Gasteiger charge is 2.30. The number of nitrogens with zero attached hydrogens (tertiary/aromatic N) is 1. The highest BCUT2D eigenvalue weighted by molar-refractivity contribution is 6.28. The van der Waals surface area contributed by atoms with Gasteiger partial charge in [0.25, 0.3) is 0 Å². The SMILES string of the molecule is CC(=O)Nc1cc2c(cc1C#N)C(=O)c1ccccc1C2=O. The van der Waals surface area contributed by atoms with Crippen molar-refractivity contribution in [1.29, 1.82) is 5.26 Å². The first-order chi connectivity index (χ1) is 10.5. The summed E-state index contributed by atoms with van der Waals surface area (Å²) >= 11 is 0. The number of nitrogens with one attached hydrogen (secondary N) is 1. The topological polar surface area (TPSA) is 87.0 Å². The standard InChI is InChI=1S/C17H10N2O3/c1-9(20)19-15-7-14-13(6-10(15)8-18)16(21)11-4-2-3-5-12(11)17(14)22/h2-7H,1H3,(H,19,20). The van der Waals surface area contributed by atoms with Crippen molar-refractivity contribution in [1.82, 2.24) is 0 Å². The van der Waals surface area contributed by atoms with Crippen LogP contribution in [0, 0.1) is 11.3 Å². The zero-order chi connectivity index (χ0) is 15.9. The summed E-state index contributed by atoms with van der Waals surface area (Å²) in [5, 5.41) is 11.7. The number of ketones is 2. The lowest BCUT2D eigenvalue weighted by atomic mass is 9.83. The van der Waals surface area contributed by atoms with E-state index in [1.165, 1.54) is 19.1 Å². The molecule has 1 N–H and O–H groups in total. The van der Waals surface area contributed by atoms with Gasteiger partial charge in [0.05, 0.1) is 11.3 Å². The number of anilines is 1. The quantitative estimate of drug-likeness (QED) is 0.745. The largest absolute Gasteiger partial charge is 0.325 e.